The summed E-state index contributed by atoms with van der Waals surface area (Å²) in [5.41, 5.74) is 2.64. The number of hydroxylamine groups is 1. The number of anilines is 1. The van der Waals surface area contributed by atoms with Gasteiger partial charge in [0.15, 0.2) is 17.5 Å². The van der Waals surface area contributed by atoms with Crippen LogP contribution in [0.5, 0.6) is 0 Å². The number of hydrazine groups is 1. The molecule has 3 rings (SSSR count). The van der Waals surface area contributed by atoms with Crippen LogP contribution in [0, 0.1) is 17.5 Å². The standard InChI is InChI=1S/C24H25F3N4O5/c1-15(34)31(29-11-17-3-2-4-22(26)24(17)27)20(9-21(35)12-32)13-36-30(14-33)23-8-18-7-19(25)6-5-16(18)10-28-23/h2-8,10,14,20-21,29,32,35H,9,11-13H2,1H3/t20-,21-/m0/s1. The first-order chi connectivity index (χ1) is 17.2. The number of hydrogen-bond acceptors (Lipinski definition) is 7. The number of rotatable bonds is 12. The Balaban J connectivity index is 1.79. The lowest BCUT2D eigenvalue weighted by molar-refractivity contribution is -0.138. The van der Waals surface area contributed by atoms with E-state index in [0.717, 1.165) is 16.1 Å². The lowest BCUT2D eigenvalue weighted by Gasteiger charge is -2.33. The van der Waals surface area contributed by atoms with E-state index < -0.39 is 42.1 Å². The zero-order valence-corrected chi connectivity index (χ0v) is 19.3. The number of hydrogen-bond donors (Lipinski definition) is 3. The Labute approximate surface area is 204 Å². The minimum Gasteiger partial charge on any atom is -0.394 e. The quantitative estimate of drug-likeness (QED) is 0.255. The van der Waals surface area contributed by atoms with Crippen LogP contribution in [-0.4, -0.2) is 57.9 Å². The van der Waals surface area contributed by atoms with Gasteiger partial charge in [-0.25, -0.2) is 23.6 Å². The van der Waals surface area contributed by atoms with E-state index in [1.807, 2.05) is 0 Å². The normalized spacial score (nSPS) is 12.8. The molecule has 3 aromatic rings. The summed E-state index contributed by atoms with van der Waals surface area (Å²) in [6, 6.07) is 8.13. The molecule has 3 N–H and O–H groups in total. The first-order valence-electron chi connectivity index (χ1n) is 10.9. The maximum Gasteiger partial charge on any atom is 0.239 e. The smallest absolute Gasteiger partial charge is 0.239 e. The highest BCUT2D eigenvalue weighted by molar-refractivity contribution is 5.85. The van der Waals surface area contributed by atoms with E-state index in [4.69, 9.17) is 4.84 Å². The molecule has 0 aliphatic heterocycles. The van der Waals surface area contributed by atoms with Gasteiger partial charge in [-0.05, 0) is 42.1 Å². The van der Waals surface area contributed by atoms with Gasteiger partial charge in [-0.2, -0.15) is 5.06 Å². The number of fused-ring (bicyclic) bond motifs is 1. The number of nitrogens with one attached hydrogen (secondary N) is 1. The third-order valence-electron chi connectivity index (χ3n) is 5.33. The lowest BCUT2D eigenvalue weighted by Crippen LogP contribution is -2.52. The third-order valence-corrected chi connectivity index (χ3v) is 5.33. The molecule has 0 spiro atoms. The Hall–Kier alpha value is -3.58. The van der Waals surface area contributed by atoms with Crippen molar-refractivity contribution in [2.24, 2.45) is 0 Å². The molecule has 0 bridgehead atoms. The van der Waals surface area contributed by atoms with E-state index >= 15 is 0 Å². The SMILES string of the molecule is CC(=O)N(NCc1cccc(F)c1F)[C@H](CON(C=O)c1cc2cc(F)ccc2cn1)C[C@H](O)CO. The molecular formula is C24H25F3N4O5. The molecule has 2 atom stereocenters. The van der Waals surface area contributed by atoms with Crippen molar-refractivity contribution in [2.45, 2.75) is 32.0 Å². The fourth-order valence-corrected chi connectivity index (χ4v) is 3.53. The van der Waals surface area contributed by atoms with Crippen LogP contribution < -0.4 is 10.5 Å². The number of benzene rings is 2. The monoisotopic (exact) mass is 506 g/mol. The van der Waals surface area contributed by atoms with Gasteiger partial charge < -0.3 is 10.2 Å². The number of nitrogens with zero attached hydrogens (tertiary/aromatic N) is 3. The summed E-state index contributed by atoms with van der Waals surface area (Å²) in [5, 5.41) is 22.2. The molecular weight excluding hydrogens is 481 g/mol. The van der Waals surface area contributed by atoms with Crippen molar-refractivity contribution in [1.82, 2.24) is 15.4 Å². The molecule has 1 aromatic heterocycles. The number of aromatic nitrogens is 1. The Bertz CT molecular complexity index is 1220. The van der Waals surface area contributed by atoms with Gasteiger partial charge in [-0.15, -0.1) is 0 Å². The molecule has 12 heteroatoms. The average Bonchev–Trinajstić information content (AvgIpc) is 2.86. The van der Waals surface area contributed by atoms with E-state index in [9.17, 15) is 33.0 Å². The van der Waals surface area contributed by atoms with Crippen LogP contribution in [0.25, 0.3) is 10.8 Å². The molecule has 2 aromatic carbocycles. The molecule has 0 radical (unpaired) electrons. The minimum atomic E-state index is -1.25. The first-order valence-corrected chi connectivity index (χ1v) is 10.9. The van der Waals surface area contributed by atoms with Gasteiger partial charge in [-0.3, -0.25) is 19.4 Å². The fraction of sp³-hybridized carbons (Fsp3) is 0.292. The molecule has 0 aliphatic rings. The Morgan fingerprint density at radius 3 is 2.67 bits per heavy atom. The first kappa shape index (κ1) is 27.0. The number of aliphatic hydroxyl groups excluding tert-OH is 2. The topological polar surface area (TPSA) is 115 Å². The highest BCUT2D eigenvalue weighted by Gasteiger charge is 2.26. The van der Waals surface area contributed by atoms with Crippen molar-refractivity contribution in [1.29, 1.82) is 0 Å². The molecule has 0 saturated carbocycles. The van der Waals surface area contributed by atoms with E-state index in [0.29, 0.717) is 17.2 Å². The zero-order valence-electron chi connectivity index (χ0n) is 19.3. The van der Waals surface area contributed by atoms with E-state index in [-0.39, 0.29) is 31.0 Å². The predicted molar refractivity (Wildman–Crippen MR) is 123 cm³/mol. The fourth-order valence-electron chi connectivity index (χ4n) is 3.53. The van der Waals surface area contributed by atoms with Crippen molar-refractivity contribution in [3.63, 3.8) is 0 Å². The van der Waals surface area contributed by atoms with Gasteiger partial charge in [0.25, 0.3) is 0 Å². The van der Waals surface area contributed by atoms with Crippen molar-refractivity contribution in [3.05, 3.63) is 71.7 Å². The van der Waals surface area contributed by atoms with Gasteiger partial charge in [0, 0.05) is 30.6 Å². The van der Waals surface area contributed by atoms with Crippen LogP contribution >= 0.6 is 0 Å². The summed E-state index contributed by atoms with van der Waals surface area (Å²) >= 11 is 0. The average molecular weight is 506 g/mol. The van der Waals surface area contributed by atoms with Crippen LogP contribution in [-0.2, 0) is 21.0 Å². The molecule has 192 valence electrons. The molecule has 36 heavy (non-hydrogen) atoms. The van der Waals surface area contributed by atoms with Gasteiger partial charge in [-0.1, -0.05) is 12.1 Å². The van der Waals surface area contributed by atoms with Crippen LogP contribution in [0.1, 0.15) is 18.9 Å². The third kappa shape index (κ3) is 6.76. The van der Waals surface area contributed by atoms with Gasteiger partial charge in [0.1, 0.15) is 5.82 Å². The summed E-state index contributed by atoms with van der Waals surface area (Å²) in [6.45, 7) is -0.0545. The molecule has 9 nitrogen and oxygen atoms in total. The van der Waals surface area contributed by atoms with Gasteiger partial charge >= 0.3 is 0 Å². The Morgan fingerprint density at radius 2 is 1.97 bits per heavy atom. The molecule has 1 heterocycles. The second kappa shape index (κ2) is 12.4. The summed E-state index contributed by atoms with van der Waals surface area (Å²) < 4.78 is 41.2. The highest BCUT2D eigenvalue weighted by atomic mass is 19.2. The zero-order chi connectivity index (χ0) is 26.2. The van der Waals surface area contributed by atoms with Crippen molar-refractivity contribution in [2.75, 3.05) is 18.3 Å². The summed E-state index contributed by atoms with van der Waals surface area (Å²) in [5.74, 6) is -3.13. The van der Waals surface area contributed by atoms with Gasteiger partial charge in [0.05, 0.1) is 25.4 Å². The summed E-state index contributed by atoms with van der Waals surface area (Å²) in [6.07, 6.45) is 0.311. The molecule has 2 amide bonds. The molecule has 0 aliphatic carbocycles. The minimum absolute atomic E-state index is 0.0359. The van der Waals surface area contributed by atoms with Crippen molar-refractivity contribution >= 4 is 28.9 Å². The largest absolute Gasteiger partial charge is 0.394 e. The van der Waals surface area contributed by atoms with Crippen LogP contribution in [0.4, 0.5) is 19.0 Å². The number of amides is 2. The van der Waals surface area contributed by atoms with E-state index in [2.05, 4.69) is 10.4 Å². The van der Waals surface area contributed by atoms with Crippen LogP contribution in [0.3, 0.4) is 0 Å². The summed E-state index contributed by atoms with van der Waals surface area (Å²) in [7, 11) is 0. The summed E-state index contributed by atoms with van der Waals surface area (Å²) in [4.78, 5) is 33.7. The number of aliphatic hydroxyl groups is 2. The molecule has 0 unspecified atom stereocenters. The number of carbonyl (C=O) groups is 2. The maximum atomic E-state index is 14.1. The maximum absolute atomic E-state index is 14.1. The molecule has 0 fully saturated rings. The van der Waals surface area contributed by atoms with Gasteiger partial charge in [0.2, 0.25) is 12.3 Å². The number of carbonyl (C=O) groups excluding carboxylic acids is 2. The van der Waals surface area contributed by atoms with Crippen LogP contribution in [0.15, 0.2) is 48.7 Å². The second-order valence-electron chi connectivity index (χ2n) is 7.92. The second-order valence-corrected chi connectivity index (χ2v) is 7.92. The highest BCUT2D eigenvalue weighted by Crippen LogP contribution is 2.21. The number of halogens is 3. The van der Waals surface area contributed by atoms with Crippen LogP contribution in [0.2, 0.25) is 0 Å². The lowest BCUT2D eigenvalue weighted by atomic mass is 10.1. The Morgan fingerprint density at radius 1 is 1.19 bits per heavy atom. The predicted octanol–water partition coefficient (Wildman–Crippen LogP) is 2.21. The van der Waals surface area contributed by atoms with E-state index in [1.54, 1.807) is 0 Å². The van der Waals surface area contributed by atoms with Crippen molar-refractivity contribution in [3.8, 4) is 0 Å². The molecule has 0 saturated heterocycles. The Kier molecular flexibility index (Phi) is 9.31. The van der Waals surface area contributed by atoms with E-state index in [1.165, 1.54) is 49.5 Å². The van der Waals surface area contributed by atoms with Crippen molar-refractivity contribution < 1.29 is 37.8 Å². The number of pyridine rings is 1.